The molecule has 0 saturated heterocycles. The van der Waals surface area contributed by atoms with Gasteiger partial charge < -0.3 is 33.2 Å². The molecular formula is C90H90O7S. The van der Waals surface area contributed by atoms with E-state index in [1.807, 2.05) is 243 Å². The van der Waals surface area contributed by atoms with E-state index in [4.69, 9.17) is 33.2 Å². The number of hydrogen-bond donors (Lipinski definition) is 0. The Labute approximate surface area is 586 Å². The fraction of sp³-hybridized carbons (Fsp3) is 0.133. The normalized spacial score (nSPS) is 10.0. The molecule has 13 aromatic rings. The third kappa shape index (κ3) is 26.2. The molecule has 0 fully saturated rings. The fourth-order valence-corrected chi connectivity index (χ4v) is 9.89. The molecule has 0 aromatic heterocycles. The predicted octanol–water partition coefficient (Wildman–Crippen LogP) is 27.5. The molecule has 98 heavy (non-hydrogen) atoms. The van der Waals surface area contributed by atoms with Gasteiger partial charge >= 0.3 is 0 Å². The van der Waals surface area contributed by atoms with Gasteiger partial charge in [0.2, 0.25) is 0 Å². The Balaban J connectivity index is 0.000000179. The van der Waals surface area contributed by atoms with Gasteiger partial charge in [-0.2, -0.15) is 0 Å². The Hall–Kier alpha value is -11.2. The maximum absolute atomic E-state index is 5.91. The first-order valence-corrected chi connectivity index (χ1v) is 32.8. The summed E-state index contributed by atoms with van der Waals surface area (Å²) in [5, 5.41) is 0. The Morgan fingerprint density at radius 2 is 0.306 bits per heavy atom. The van der Waals surface area contributed by atoms with Crippen LogP contribution in [0.3, 0.4) is 0 Å². The largest absolute Gasteiger partial charge is 0.457 e. The molecule has 0 aliphatic carbocycles. The minimum Gasteiger partial charge on any atom is -0.457 e. The zero-order valence-corrected chi connectivity index (χ0v) is 57.1. The maximum Gasteiger partial charge on any atom is 0.131 e. The van der Waals surface area contributed by atoms with Crippen molar-refractivity contribution < 1.29 is 33.2 Å². The summed E-state index contributed by atoms with van der Waals surface area (Å²) in [5.41, 5.74) is 12.6. The number of rotatable bonds is 16. The van der Waals surface area contributed by atoms with Crippen LogP contribution in [0, 0.1) is 69.2 Å². The van der Waals surface area contributed by atoms with Crippen LogP contribution in [0.25, 0.3) is 0 Å². The van der Waals surface area contributed by atoms with Crippen molar-refractivity contribution in [2.24, 2.45) is 0 Å². The van der Waals surface area contributed by atoms with Gasteiger partial charge in [0.25, 0.3) is 0 Å². The maximum atomic E-state index is 5.91. The third-order valence-electron chi connectivity index (χ3n) is 14.5. The Morgan fingerprint density at radius 3 is 0.480 bits per heavy atom. The lowest BCUT2D eigenvalue weighted by molar-refractivity contribution is 0.460. The van der Waals surface area contributed by atoms with Crippen molar-refractivity contribution in [1.82, 2.24) is 0 Å². The molecule has 0 radical (unpaired) electrons. The average molecular weight is 1320 g/mol. The summed E-state index contributed by atoms with van der Waals surface area (Å²) in [6.45, 7) is 20.8. The van der Waals surface area contributed by atoms with E-state index >= 15 is 0 Å². The highest BCUT2D eigenvalue weighted by Crippen LogP contribution is 2.33. The summed E-state index contributed by atoms with van der Waals surface area (Å²) in [5.74, 6) is 11.0. The van der Waals surface area contributed by atoms with Gasteiger partial charge in [0.1, 0.15) is 80.5 Å². The molecule has 0 aliphatic rings. The highest BCUT2D eigenvalue weighted by molar-refractivity contribution is 7.99. The number of benzene rings is 13. The first kappa shape index (κ1) is 74.2. The lowest BCUT2D eigenvalue weighted by atomic mass is 10.2. The van der Waals surface area contributed by atoms with E-state index in [-0.39, 0.29) is 14.9 Å². The summed E-state index contributed by atoms with van der Waals surface area (Å²) in [4.78, 5) is 2.59. The van der Waals surface area contributed by atoms with E-state index in [2.05, 4.69) is 142 Å². The second kappa shape index (κ2) is 38.4. The van der Waals surface area contributed by atoms with E-state index in [9.17, 15) is 0 Å². The quantitative estimate of drug-likeness (QED) is 0.0948. The standard InChI is InChI=1S/C26H22O3.2C20H18O2.C14H14S.C8H10.2CH4/c1-19-3-7-21(8-4-19)27-23-11-15-25(16-12-23)29-26-17-13-24(14-18-26)28-22-9-5-20(2)6-10-22;1-15-3-7-17(8-4-15)21-19-11-13-20(14-12-19)22-18-9-5-16(2)6-10-18;1-15-6-10-17(11-7-15)21-19-4-3-5-20(14-19)22-18-12-8-16(2)9-13-18;1-11-3-7-13(8-4-11)15-14-9-5-12(2)6-10-14;1-7-4-3-5-8(2)6-7;;/h3-18H,1-2H3;2*3-14H,1-2H3;3-10H,1-2H3;3-6H,1-2H3;2*1H4. The van der Waals surface area contributed by atoms with Crippen LogP contribution < -0.4 is 33.2 Å². The molecule has 0 amide bonds. The molecule has 13 rings (SSSR count). The fourth-order valence-electron chi connectivity index (χ4n) is 9.07. The summed E-state index contributed by atoms with van der Waals surface area (Å²) in [6, 6.07) is 104. The van der Waals surface area contributed by atoms with Gasteiger partial charge in [-0.25, -0.2) is 0 Å². The second-order valence-corrected chi connectivity index (χ2v) is 24.5. The van der Waals surface area contributed by atoms with E-state index in [0.717, 1.165) is 80.5 Å². The molecule has 0 atom stereocenters. The van der Waals surface area contributed by atoms with Gasteiger partial charge in [-0.15, -0.1) is 0 Å². The topological polar surface area (TPSA) is 64.6 Å². The molecule has 0 aliphatic heterocycles. The summed E-state index contributed by atoms with van der Waals surface area (Å²) >= 11 is 1.80. The second-order valence-electron chi connectivity index (χ2n) is 23.4. The molecule has 0 heterocycles. The Bertz CT molecular complexity index is 4120. The summed E-state index contributed by atoms with van der Waals surface area (Å²) < 4.78 is 40.9. The van der Waals surface area contributed by atoms with Crippen LogP contribution in [-0.4, -0.2) is 0 Å². The van der Waals surface area contributed by atoms with Crippen molar-refractivity contribution in [3.63, 3.8) is 0 Å². The van der Waals surface area contributed by atoms with Crippen molar-refractivity contribution >= 4 is 11.8 Å². The van der Waals surface area contributed by atoms with Gasteiger partial charge in [-0.05, 0) is 251 Å². The van der Waals surface area contributed by atoms with E-state index in [1.165, 1.54) is 65.4 Å². The van der Waals surface area contributed by atoms with Crippen LogP contribution >= 0.6 is 11.8 Å². The smallest absolute Gasteiger partial charge is 0.131 e. The minimum absolute atomic E-state index is 0. The number of aryl methyl sites for hydroxylation is 10. The molecule has 0 unspecified atom stereocenters. The van der Waals surface area contributed by atoms with Crippen molar-refractivity contribution in [3.8, 4) is 80.5 Å². The summed E-state index contributed by atoms with van der Waals surface area (Å²) in [6.07, 6.45) is 0. The molecule has 13 aromatic carbocycles. The highest BCUT2D eigenvalue weighted by Gasteiger charge is 2.06. The Morgan fingerprint density at radius 1 is 0.153 bits per heavy atom. The zero-order chi connectivity index (χ0) is 67.4. The van der Waals surface area contributed by atoms with Crippen LogP contribution in [0.5, 0.6) is 80.5 Å². The first-order chi connectivity index (χ1) is 46.5. The van der Waals surface area contributed by atoms with Crippen molar-refractivity contribution in [2.45, 2.75) is 93.9 Å². The lowest BCUT2D eigenvalue weighted by Crippen LogP contribution is -1.87. The van der Waals surface area contributed by atoms with Crippen LogP contribution in [0.15, 0.2) is 325 Å². The lowest BCUT2D eigenvalue weighted by Gasteiger charge is -2.10. The van der Waals surface area contributed by atoms with Gasteiger partial charge in [0.05, 0.1) is 0 Å². The number of ether oxygens (including phenoxy) is 7. The monoisotopic (exact) mass is 1310 g/mol. The molecule has 8 heteroatoms. The molecule has 0 N–H and O–H groups in total. The highest BCUT2D eigenvalue weighted by atomic mass is 32.2. The predicted molar refractivity (Wildman–Crippen MR) is 409 cm³/mol. The van der Waals surface area contributed by atoms with Crippen molar-refractivity contribution in [3.05, 3.63) is 371 Å². The van der Waals surface area contributed by atoms with Crippen LogP contribution in [0.1, 0.15) is 70.5 Å². The van der Waals surface area contributed by atoms with Gasteiger partial charge in [0.15, 0.2) is 0 Å². The minimum atomic E-state index is 0. The molecular weight excluding hydrogens is 1230 g/mol. The van der Waals surface area contributed by atoms with Crippen molar-refractivity contribution in [2.75, 3.05) is 0 Å². The third-order valence-corrected chi connectivity index (χ3v) is 15.5. The van der Waals surface area contributed by atoms with E-state index < -0.39 is 0 Å². The molecule has 498 valence electrons. The SMILES string of the molecule is C.C.Cc1ccc(Oc2ccc(Oc3ccc(C)cc3)cc2)cc1.Cc1ccc(Oc2ccc(Oc3ccc(Oc4ccc(C)cc4)cc3)cc2)cc1.Cc1ccc(Oc2cccc(Oc3ccc(C)cc3)c2)cc1.Cc1ccc(Sc2ccc(C)cc2)cc1.Cc1cccc(C)c1. The van der Waals surface area contributed by atoms with Gasteiger partial charge in [0, 0.05) is 15.9 Å². The average Bonchev–Trinajstić information content (AvgIpc) is 0.905. The zero-order valence-electron chi connectivity index (χ0n) is 56.3. The van der Waals surface area contributed by atoms with Gasteiger partial charge in [-0.3, -0.25) is 0 Å². The van der Waals surface area contributed by atoms with Gasteiger partial charge in [-0.1, -0.05) is 210 Å². The summed E-state index contributed by atoms with van der Waals surface area (Å²) in [7, 11) is 0. The van der Waals surface area contributed by atoms with Crippen LogP contribution in [0.2, 0.25) is 0 Å². The number of hydrogen-bond acceptors (Lipinski definition) is 8. The van der Waals surface area contributed by atoms with E-state index in [0.29, 0.717) is 0 Å². The van der Waals surface area contributed by atoms with Crippen molar-refractivity contribution in [1.29, 1.82) is 0 Å². The van der Waals surface area contributed by atoms with Crippen LogP contribution in [0.4, 0.5) is 0 Å². The molecule has 0 spiro atoms. The van der Waals surface area contributed by atoms with Crippen LogP contribution in [-0.2, 0) is 0 Å². The molecule has 0 bridgehead atoms. The Kier molecular flexibility index (Phi) is 29.1. The van der Waals surface area contributed by atoms with E-state index in [1.54, 1.807) is 11.8 Å². The first-order valence-electron chi connectivity index (χ1n) is 31.9. The molecule has 7 nitrogen and oxygen atoms in total. The molecule has 0 saturated carbocycles.